The first-order valence-electron chi connectivity index (χ1n) is 8.87. The van der Waals surface area contributed by atoms with Crippen molar-refractivity contribution in [2.24, 2.45) is 5.41 Å². The van der Waals surface area contributed by atoms with E-state index in [1.165, 1.54) is 18.2 Å². The summed E-state index contributed by atoms with van der Waals surface area (Å²) in [6.07, 6.45) is 1.70. The van der Waals surface area contributed by atoms with Crippen molar-refractivity contribution in [3.05, 3.63) is 61.8 Å². The number of nitro groups is 1. The van der Waals surface area contributed by atoms with Crippen molar-refractivity contribution >= 4 is 21.3 Å². The number of carbonyl (C=O) groups excluding carboxylic acids is 1. The number of nitrogens with one attached hydrogen (secondary N) is 1. The van der Waals surface area contributed by atoms with Gasteiger partial charge in [-0.3, -0.25) is 14.9 Å². The van der Waals surface area contributed by atoms with Crippen LogP contribution in [0, 0.1) is 15.5 Å². The van der Waals surface area contributed by atoms with Gasteiger partial charge in [0, 0.05) is 40.9 Å². The number of hydrogen-bond acceptors (Lipinski definition) is 6. The summed E-state index contributed by atoms with van der Waals surface area (Å²) in [5.74, 6) is -0.883. The van der Waals surface area contributed by atoms with Crippen LogP contribution in [0.1, 0.15) is 44.6 Å². The quantitative estimate of drug-likeness (QED) is 0.617. The lowest BCUT2D eigenvalue weighted by Crippen LogP contribution is -2.39. The molecule has 0 radical (unpaired) electrons. The largest absolute Gasteiger partial charge is 0.361 e. The van der Waals surface area contributed by atoms with Crippen molar-refractivity contribution in [3.63, 3.8) is 0 Å². The molecule has 1 atom stereocenters. The van der Waals surface area contributed by atoms with Crippen LogP contribution < -0.4 is 5.32 Å². The zero-order valence-electron chi connectivity index (χ0n) is 15.1. The van der Waals surface area contributed by atoms with Gasteiger partial charge in [0.05, 0.1) is 21.5 Å². The number of Topliss-reactive ketones (excluding diaryl/α,β-unsaturated/α-hetero) is 1. The first kappa shape index (κ1) is 17.9. The molecule has 4 rings (SSSR count). The number of nitrogens with zero attached hydrogens (tertiary/aromatic N) is 1. The lowest BCUT2D eigenvalue weighted by atomic mass is 9.69. The van der Waals surface area contributed by atoms with Crippen molar-refractivity contribution < 1.29 is 18.1 Å². The predicted octanol–water partition coefficient (Wildman–Crippen LogP) is 2.95. The fraction of sp³-hybridized carbons (Fsp3) is 0.421. The Morgan fingerprint density at radius 1 is 1.22 bits per heavy atom. The van der Waals surface area contributed by atoms with Gasteiger partial charge >= 0.3 is 0 Å². The average molecular weight is 388 g/mol. The third-order valence-electron chi connectivity index (χ3n) is 5.70. The molecule has 0 spiro atoms. The molecule has 1 N–H and O–H groups in total. The Labute approximate surface area is 157 Å². The molecule has 1 aromatic carbocycles. The van der Waals surface area contributed by atoms with E-state index in [-0.39, 0.29) is 22.1 Å². The van der Waals surface area contributed by atoms with Gasteiger partial charge in [-0.05, 0) is 18.4 Å². The minimum Gasteiger partial charge on any atom is -0.361 e. The predicted molar refractivity (Wildman–Crippen MR) is 99.5 cm³/mol. The van der Waals surface area contributed by atoms with Crippen LogP contribution in [-0.2, 0) is 14.6 Å². The summed E-state index contributed by atoms with van der Waals surface area (Å²) >= 11 is 0. The Bertz CT molecular complexity index is 1050. The fourth-order valence-corrected chi connectivity index (χ4v) is 6.04. The number of rotatable bonds is 2. The minimum atomic E-state index is -3.53. The maximum absolute atomic E-state index is 13.2. The summed E-state index contributed by atoms with van der Waals surface area (Å²) in [7, 11) is -3.53. The maximum Gasteiger partial charge on any atom is 0.269 e. The lowest BCUT2D eigenvalue weighted by molar-refractivity contribution is -0.384. The van der Waals surface area contributed by atoms with Gasteiger partial charge in [0.15, 0.2) is 15.6 Å². The van der Waals surface area contributed by atoms with Crippen LogP contribution in [0.25, 0.3) is 0 Å². The van der Waals surface area contributed by atoms with Crippen LogP contribution in [0.3, 0.4) is 0 Å². The van der Waals surface area contributed by atoms with Crippen LogP contribution in [0.2, 0.25) is 0 Å². The maximum atomic E-state index is 13.2. The van der Waals surface area contributed by atoms with E-state index < -0.39 is 26.1 Å². The molecule has 3 aliphatic rings. The molecule has 27 heavy (non-hydrogen) atoms. The number of non-ortho nitro benzene ring substituents is 1. The topological polar surface area (TPSA) is 106 Å². The molecule has 1 aliphatic carbocycles. The van der Waals surface area contributed by atoms with Gasteiger partial charge in [-0.15, -0.1) is 0 Å². The van der Waals surface area contributed by atoms with Gasteiger partial charge < -0.3 is 5.32 Å². The Morgan fingerprint density at radius 3 is 2.67 bits per heavy atom. The van der Waals surface area contributed by atoms with Crippen molar-refractivity contribution in [1.82, 2.24) is 5.32 Å². The Balaban J connectivity index is 1.96. The van der Waals surface area contributed by atoms with E-state index in [1.807, 2.05) is 13.8 Å². The molecule has 0 fully saturated rings. The van der Waals surface area contributed by atoms with E-state index in [2.05, 4.69) is 5.32 Å². The molecular weight excluding hydrogens is 368 g/mol. The van der Waals surface area contributed by atoms with Crippen molar-refractivity contribution in [3.8, 4) is 0 Å². The van der Waals surface area contributed by atoms with Gasteiger partial charge in [0.2, 0.25) is 0 Å². The summed E-state index contributed by atoms with van der Waals surface area (Å²) in [6.45, 7) is 3.72. The average Bonchev–Trinajstić information content (AvgIpc) is 2.92. The van der Waals surface area contributed by atoms with E-state index in [9.17, 15) is 23.3 Å². The molecule has 142 valence electrons. The summed E-state index contributed by atoms with van der Waals surface area (Å²) in [6, 6.07) is 5.95. The van der Waals surface area contributed by atoms with Crippen molar-refractivity contribution in [2.45, 2.75) is 39.0 Å². The summed E-state index contributed by atoms with van der Waals surface area (Å²) < 4.78 is 25.6. The Kier molecular flexibility index (Phi) is 3.82. The van der Waals surface area contributed by atoms with Crippen LogP contribution in [0.4, 0.5) is 5.69 Å². The highest BCUT2D eigenvalue weighted by molar-refractivity contribution is 7.95. The molecule has 0 saturated heterocycles. The second-order valence-electron chi connectivity index (χ2n) is 7.93. The van der Waals surface area contributed by atoms with Gasteiger partial charge in [-0.1, -0.05) is 26.0 Å². The molecule has 2 heterocycles. The van der Waals surface area contributed by atoms with Gasteiger partial charge in [-0.2, -0.15) is 0 Å². The third kappa shape index (κ3) is 2.70. The van der Waals surface area contributed by atoms with Gasteiger partial charge in [0.25, 0.3) is 5.69 Å². The molecule has 7 nitrogen and oxygen atoms in total. The number of hydrogen-bond donors (Lipinski definition) is 1. The zero-order valence-corrected chi connectivity index (χ0v) is 15.9. The molecule has 0 saturated carbocycles. The smallest absolute Gasteiger partial charge is 0.269 e. The number of allylic oxidation sites excluding steroid dienone is 4. The monoisotopic (exact) mass is 388 g/mol. The van der Waals surface area contributed by atoms with E-state index in [0.29, 0.717) is 36.1 Å². The van der Waals surface area contributed by atoms with Crippen LogP contribution in [0.15, 0.2) is 46.1 Å². The molecule has 0 amide bonds. The standard InChI is InChI=1S/C19H20N2O5S/c1-19(2)8-6-13-16(18(19)22)15(11-4-3-5-12(10-11)21(23)24)17-14(20-13)7-9-27(17,25)26/h3-5,10,15,20H,6-9H2,1-2H3. The summed E-state index contributed by atoms with van der Waals surface area (Å²) in [5, 5.41) is 14.4. The van der Waals surface area contributed by atoms with Crippen LogP contribution in [0.5, 0.6) is 0 Å². The number of nitro benzene ring substituents is 1. The molecule has 1 unspecified atom stereocenters. The third-order valence-corrected chi connectivity index (χ3v) is 7.60. The molecule has 1 aromatic rings. The summed E-state index contributed by atoms with van der Waals surface area (Å²) in [5.41, 5.74) is 1.58. The first-order valence-corrected chi connectivity index (χ1v) is 10.5. The van der Waals surface area contributed by atoms with Crippen molar-refractivity contribution in [1.29, 1.82) is 0 Å². The lowest BCUT2D eigenvalue weighted by Gasteiger charge is -2.38. The second-order valence-corrected chi connectivity index (χ2v) is 10.0. The normalized spacial score (nSPS) is 25.7. The zero-order chi connectivity index (χ0) is 19.6. The first-order chi connectivity index (χ1) is 12.6. The Hall–Kier alpha value is -2.48. The van der Waals surface area contributed by atoms with E-state index in [1.54, 1.807) is 6.07 Å². The molecule has 2 aliphatic heterocycles. The highest BCUT2D eigenvalue weighted by Gasteiger charge is 2.48. The highest BCUT2D eigenvalue weighted by Crippen LogP contribution is 2.50. The molecule has 0 bridgehead atoms. The van der Waals surface area contributed by atoms with E-state index in [0.717, 1.165) is 5.70 Å². The number of ketones is 1. The van der Waals surface area contributed by atoms with E-state index >= 15 is 0 Å². The second kappa shape index (κ2) is 5.76. The minimum absolute atomic E-state index is 0.00572. The molecular formula is C19H20N2O5S. The van der Waals surface area contributed by atoms with Gasteiger partial charge in [0.1, 0.15) is 0 Å². The number of carbonyl (C=O) groups is 1. The highest BCUT2D eigenvalue weighted by atomic mass is 32.2. The van der Waals surface area contributed by atoms with Gasteiger partial charge in [-0.25, -0.2) is 8.42 Å². The van der Waals surface area contributed by atoms with Crippen LogP contribution in [-0.4, -0.2) is 24.9 Å². The summed E-state index contributed by atoms with van der Waals surface area (Å²) in [4.78, 5) is 24.2. The van der Waals surface area contributed by atoms with E-state index in [4.69, 9.17) is 0 Å². The SMILES string of the molecule is CC1(C)CCC2=C(C1=O)C(c1cccc([N+](=O)[O-])c1)C1=C(CCS1(=O)=O)N2. The number of sulfone groups is 1. The Morgan fingerprint density at radius 2 is 1.96 bits per heavy atom. The van der Waals surface area contributed by atoms with Crippen LogP contribution >= 0.6 is 0 Å². The van der Waals surface area contributed by atoms with Crippen molar-refractivity contribution in [2.75, 3.05) is 5.75 Å². The molecule has 0 aromatic heterocycles. The molecule has 8 heteroatoms. The number of benzene rings is 1. The number of dihydropyridines is 1. The fourth-order valence-electron chi connectivity index (χ4n) is 4.21.